The topological polar surface area (TPSA) is 215 Å². The number of guanidine groups is 1. The number of nitrogens with two attached hydrogens (primary N) is 3. The van der Waals surface area contributed by atoms with Gasteiger partial charge in [0, 0.05) is 13.0 Å². The van der Waals surface area contributed by atoms with Gasteiger partial charge >= 0.3 is 5.97 Å². The van der Waals surface area contributed by atoms with Crippen LogP contribution in [0.3, 0.4) is 0 Å². The van der Waals surface area contributed by atoms with Crippen molar-refractivity contribution >= 4 is 41.4 Å². The number of amides is 3. The first kappa shape index (κ1) is 33.7. The van der Waals surface area contributed by atoms with Crippen LogP contribution in [0, 0.1) is 5.92 Å². The second kappa shape index (κ2) is 18.1. The van der Waals surface area contributed by atoms with Gasteiger partial charge in [-0.1, -0.05) is 50.6 Å². The Kier molecular flexibility index (Phi) is 15.6. The van der Waals surface area contributed by atoms with Gasteiger partial charge in [0.2, 0.25) is 17.7 Å². The van der Waals surface area contributed by atoms with Crippen molar-refractivity contribution in [3.63, 3.8) is 0 Å². The van der Waals surface area contributed by atoms with E-state index in [1.54, 1.807) is 0 Å². The summed E-state index contributed by atoms with van der Waals surface area (Å²) >= 11 is 1.46. The largest absolute Gasteiger partial charge is 0.480 e. The molecule has 0 spiro atoms. The van der Waals surface area contributed by atoms with Crippen LogP contribution in [-0.2, 0) is 25.6 Å². The molecule has 13 heteroatoms. The summed E-state index contributed by atoms with van der Waals surface area (Å²) in [6.07, 6.45) is 3.39. The number of benzene rings is 1. The Hall–Kier alpha value is -3.32. The third-order valence-electron chi connectivity index (χ3n) is 6.28. The molecule has 1 aromatic rings. The molecule has 0 aliphatic heterocycles. The lowest BCUT2D eigenvalue weighted by Crippen LogP contribution is -2.58. The zero-order chi connectivity index (χ0) is 29.4. The van der Waals surface area contributed by atoms with Crippen LogP contribution in [0.1, 0.15) is 45.1 Å². The standard InChI is InChI=1S/C26H43N7O5S/c1-4-16(2)21(27)24(36)33-20(15-17-9-6-5-7-10-17)23(35)31-18(11-8-13-30-26(28)29)22(34)32-19(25(37)38)12-14-39-3/h5-7,9-10,16,18-21H,4,8,11-15,27H2,1-3H3,(H,31,35)(H,32,34)(H,33,36)(H,37,38)(H4,28,29,30). The van der Waals surface area contributed by atoms with Gasteiger partial charge in [-0.2, -0.15) is 11.8 Å². The number of carbonyl (C=O) groups is 4. The van der Waals surface area contributed by atoms with Gasteiger partial charge in [-0.15, -0.1) is 0 Å². The SMILES string of the molecule is CCC(C)C(N)C(=O)NC(Cc1ccccc1)C(=O)NC(CCCN=C(N)N)C(=O)NC(CCSC)C(=O)O. The lowest BCUT2D eigenvalue weighted by molar-refractivity contribution is -0.142. The van der Waals surface area contributed by atoms with Crippen LogP contribution in [0.5, 0.6) is 0 Å². The molecule has 12 nitrogen and oxygen atoms in total. The predicted octanol–water partition coefficient (Wildman–Crippen LogP) is -0.0518. The van der Waals surface area contributed by atoms with Crippen LogP contribution in [0.2, 0.25) is 0 Å². The number of rotatable bonds is 18. The first-order valence-electron chi connectivity index (χ1n) is 13.0. The summed E-state index contributed by atoms with van der Waals surface area (Å²) in [5.74, 6) is -2.57. The summed E-state index contributed by atoms with van der Waals surface area (Å²) < 4.78 is 0. The number of carboxylic acid groups (broad SMARTS) is 1. The van der Waals surface area contributed by atoms with E-state index >= 15 is 0 Å². The molecule has 0 saturated carbocycles. The molecular weight excluding hydrogens is 522 g/mol. The number of carbonyl (C=O) groups excluding carboxylic acids is 3. The number of aliphatic imine (C=N–C) groups is 1. The monoisotopic (exact) mass is 565 g/mol. The Morgan fingerprint density at radius 3 is 2.10 bits per heavy atom. The van der Waals surface area contributed by atoms with E-state index in [1.165, 1.54) is 11.8 Å². The molecule has 10 N–H and O–H groups in total. The third kappa shape index (κ3) is 12.9. The second-order valence-electron chi connectivity index (χ2n) is 9.35. The van der Waals surface area contributed by atoms with E-state index in [9.17, 15) is 24.3 Å². The second-order valence-corrected chi connectivity index (χ2v) is 10.3. The maximum atomic E-state index is 13.5. The average molecular weight is 566 g/mol. The molecule has 0 heterocycles. The van der Waals surface area contributed by atoms with E-state index in [0.29, 0.717) is 18.6 Å². The van der Waals surface area contributed by atoms with Gasteiger partial charge in [0.25, 0.3) is 0 Å². The first-order valence-corrected chi connectivity index (χ1v) is 14.4. The fourth-order valence-corrected chi connectivity index (χ4v) is 4.12. The molecule has 0 aliphatic rings. The van der Waals surface area contributed by atoms with Crippen molar-refractivity contribution in [2.45, 2.75) is 70.1 Å². The maximum absolute atomic E-state index is 13.5. The Morgan fingerprint density at radius 1 is 0.949 bits per heavy atom. The molecular formula is C26H43N7O5S. The number of carboxylic acids is 1. The highest BCUT2D eigenvalue weighted by atomic mass is 32.2. The highest BCUT2D eigenvalue weighted by molar-refractivity contribution is 7.98. The fourth-order valence-electron chi connectivity index (χ4n) is 3.65. The van der Waals surface area contributed by atoms with E-state index in [0.717, 1.165) is 5.56 Å². The molecule has 0 radical (unpaired) electrons. The number of hydrogen-bond acceptors (Lipinski definition) is 7. The summed E-state index contributed by atoms with van der Waals surface area (Å²) in [6, 6.07) is 5.09. The van der Waals surface area contributed by atoms with Crippen molar-refractivity contribution in [2.75, 3.05) is 18.6 Å². The maximum Gasteiger partial charge on any atom is 0.326 e. The quantitative estimate of drug-likeness (QED) is 0.0720. The van der Waals surface area contributed by atoms with Crippen LogP contribution in [0.15, 0.2) is 35.3 Å². The van der Waals surface area contributed by atoms with Crippen molar-refractivity contribution in [1.82, 2.24) is 16.0 Å². The molecule has 0 fully saturated rings. The predicted molar refractivity (Wildman–Crippen MR) is 154 cm³/mol. The molecule has 1 rings (SSSR count). The number of aliphatic carboxylic acids is 1. The molecule has 1 aromatic carbocycles. The van der Waals surface area contributed by atoms with Crippen LogP contribution in [0.25, 0.3) is 0 Å². The smallest absolute Gasteiger partial charge is 0.326 e. The summed E-state index contributed by atoms with van der Waals surface area (Å²) in [5.41, 5.74) is 17.6. The summed E-state index contributed by atoms with van der Waals surface area (Å²) in [7, 11) is 0. The summed E-state index contributed by atoms with van der Waals surface area (Å²) in [5, 5.41) is 17.5. The number of hydrogen-bond donors (Lipinski definition) is 7. The minimum atomic E-state index is -1.17. The van der Waals surface area contributed by atoms with Crippen LogP contribution in [-0.4, -0.2) is 77.5 Å². The lowest BCUT2D eigenvalue weighted by Gasteiger charge is -2.26. The van der Waals surface area contributed by atoms with Crippen LogP contribution >= 0.6 is 11.8 Å². The van der Waals surface area contributed by atoms with Gasteiger partial charge in [-0.05, 0) is 42.8 Å². The van der Waals surface area contributed by atoms with Gasteiger partial charge in [-0.3, -0.25) is 19.4 Å². The Labute approximate surface area is 234 Å². The zero-order valence-electron chi connectivity index (χ0n) is 22.9. The Balaban J connectivity index is 3.15. The van der Waals surface area contributed by atoms with Gasteiger partial charge in [0.1, 0.15) is 18.1 Å². The van der Waals surface area contributed by atoms with Crippen molar-refractivity contribution in [2.24, 2.45) is 28.1 Å². The Morgan fingerprint density at radius 2 is 1.54 bits per heavy atom. The van der Waals surface area contributed by atoms with E-state index in [4.69, 9.17) is 17.2 Å². The average Bonchev–Trinajstić information content (AvgIpc) is 2.91. The molecule has 0 saturated heterocycles. The van der Waals surface area contributed by atoms with Crippen molar-refractivity contribution in [1.29, 1.82) is 0 Å². The van der Waals surface area contributed by atoms with Crippen molar-refractivity contribution in [3.8, 4) is 0 Å². The summed E-state index contributed by atoms with van der Waals surface area (Å²) in [4.78, 5) is 55.0. The van der Waals surface area contributed by atoms with Crippen LogP contribution in [0.4, 0.5) is 0 Å². The van der Waals surface area contributed by atoms with Crippen molar-refractivity contribution < 1.29 is 24.3 Å². The summed E-state index contributed by atoms with van der Waals surface area (Å²) in [6.45, 7) is 3.98. The number of nitrogens with one attached hydrogen (secondary N) is 3. The van der Waals surface area contributed by atoms with Gasteiger partial charge in [0.05, 0.1) is 6.04 Å². The normalized spacial score (nSPS) is 14.7. The third-order valence-corrected chi connectivity index (χ3v) is 6.92. The van der Waals surface area contributed by atoms with Gasteiger partial charge < -0.3 is 38.3 Å². The minimum absolute atomic E-state index is 0.103. The van der Waals surface area contributed by atoms with Gasteiger partial charge in [-0.25, -0.2) is 4.79 Å². The highest BCUT2D eigenvalue weighted by Gasteiger charge is 2.31. The highest BCUT2D eigenvalue weighted by Crippen LogP contribution is 2.10. The fraction of sp³-hybridized carbons (Fsp3) is 0.577. The zero-order valence-corrected chi connectivity index (χ0v) is 23.7. The van der Waals surface area contributed by atoms with E-state index in [-0.39, 0.29) is 37.7 Å². The number of thioether (sulfide) groups is 1. The molecule has 0 aromatic heterocycles. The van der Waals surface area contributed by atoms with E-state index < -0.39 is 47.9 Å². The minimum Gasteiger partial charge on any atom is -0.480 e. The molecule has 0 aliphatic carbocycles. The van der Waals surface area contributed by atoms with Crippen molar-refractivity contribution in [3.05, 3.63) is 35.9 Å². The van der Waals surface area contributed by atoms with E-state index in [1.807, 2.05) is 50.4 Å². The molecule has 3 amide bonds. The molecule has 39 heavy (non-hydrogen) atoms. The van der Waals surface area contributed by atoms with Crippen LogP contribution < -0.4 is 33.2 Å². The first-order chi connectivity index (χ1) is 18.5. The van der Waals surface area contributed by atoms with Gasteiger partial charge in [0.15, 0.2) is 5.96 Å². The lowest BCUT2D eigenvalue weighted by atomic mass is 9.98. The van der Waals surface area contributed by atoms with E-state index in [2.05, 4.69) is 20.9 Å². The molecule has 5 atom stereocenters. The molecule has 5 unspecified atom stereocenters. The number of nitrogens with zero attached hydrogens (tertiary/aromatic N) is 1. The Bertz CT molecular complexity index is 959. The molecule has 218 valence electrons. The molecule has 0 bridgehead atoms.